The average molecular weight is 240 g/mol. The third kappa shape index (κ3) is 3.43. The highest BCUT2D eigenvalue weighted by atomic mass is 19.1. The number of rotatable bonds is 5. The molecule has 0 aliphatic heterocycles. The smallest absolute Gasteiger partial charge is 0.132 e. The second-order valence-electron chi connectivity index (χ2n) is 4.91. The lowest BCUT2D eigenvalue weighted by atomic mass is 9.89. The lowest BCUT2D eigenvalue weighted by Gasteiger charge is -2.23. The number of ether oxygens (including phenoxy) is 1. The third-order valence-corrected chi connectivity index (χ3v) is 2.91. The maximum atomic E-state index is 13.7. The summed E-state index contributed by atoms with van der Waals surface area (Å²) < 4.78 is 18.8. The maximum Gasteiger partial charge on any atom is 0.132 e. The fraction of sp³-hybridized carbons (Fsp3) is 0.571. The summed E-state index contributed by atoms with van der Waals surface area (Å²) in [7, 11) is 1.48. The molecule has 1 aromatic carbocycles. The van der Waals surface area contributed by atoms with Gasteiger partial charge in [0.2, 0.25) is 0 Å². The molecular formula is C14H21FO2. The topological polar surface area (TPSA) is 29.5 Å². The number of benzene rings is 1. The highest BCUT2D eigenvalue weighted by Gasteiger charge is 2.24. The van der Waals surface area contributed by atoms with Crippen LogP contribution in [-0.2, 0) is 0 Å². The molecule has 2 atom stereocenters. The summed E-state index contributed by atoms with van der Waals surface area (Å²) in [5, 5.41) is 10.2. The van der Waals surface area contributed by atoms with Crippen LogP contribution in [0.1, 0.15) is 38.9 Å². The van der Waals surface area contributed by atoms with E-state index in [4.69, 9.17) is 4.74 Å². The summed E-state index contributed by atoms with van der Waals surface area (Å²) in [6.45, 7) is 6.10. The van der Waals surface area contributed by atoms with Crippen LogP contribution in [0, 0.1) is 17.7 Å². The summed E-state index contributed by atoms with van der Waals surface area (Å²) in [6.07, 6.45) is 0.0205. The number of aliphatic hydroxyl groups excluding tert-OH is 1. The minimum absolute atomic E-state index is 0.000741. The van der Waals surface area contributed by atoms with E-state index in [1.807, 2.05) is 6.92 Å². The number of aliphatic hydroxyl groups is 1. The molecule has 0 heterocycles. The van der Waals surface area contributed by atoms with Crippen LogP contribution in [0.15, 0.2) is 18.2 Å². The SMILES string of the molecule is COc1cccc(F)c1C(O)C(C)CC(C)C. The molecule has 0 aliphatic carbocycles. The summed E-state index contributed by atoms with van der Waals surface area (Å²) in [4.78, 5) is 0. The Morgan fingerprint density at radius 3 is 2.47 bits per heavy atom. The van der Waals surface area contributed by atoms with E-state index in [0.29, 0.717) is 11.7 Å². The van der Waals surface area contributed by atoms with Crippen molar-refractivity contribution < 1.29 is 14.2 Å². The Labute approximate surface area is 102 Å². The van der Waals surface area contributed by atoms with Crippen LogP contribution < -0.4 is 4.74 Å². The fourth-order valence-corrected chi connectivity index (χ4v) is 2.14. The first-order valence-corrected chi connectivity index (χ1v) is 5.97. The van der Waals surface area contributed by atoms with Gasteiger partial charge < -0.3 is 9.84 Å². The van der Waals surface area contributed by atoms with Gasteiger partial charge in [0.15, 0.2) is 0 Å². The molecule has 0 aromatic heterocycles. The molecule has 1 rings (SSSR count). The molecule has 0 bridgehead atoms. The first kappa shape index (κ1) is 14.0. The van der Waals surface area contributed by atoms with E-state index in [-0.39, 0.29) is 11.5 Å². The van der Waals surface area contributed by atoms with Crippen molar-refractivity contribution in [1.29, 1.82) is 0 Å². The molecule has 0 radical (unpaired) electrons. The predicted molar refractivity (Wildman–Crippen MR) is 66.5 cm³/mol. The van der Waals surface area contributed by atoms with Crippen LogP contribution in [0.2, 0.25) is 0 Å². The Kier molecular flexibility index (Phi) is 4.94. The number of halogens is 1. The maximum absolute atomic E-state index is 13.7. The van der Waals surface area contributed by atoms with Crippen molar-refractivity contribution in [2.75, 3.05) is 7.11 Å². The molecule has 17 heavy (non-hydrogen) atoms. The molecule has 0 aliphatic rings. The zero-order valence-electron chi connectivity index (χ0n) is 10.9. The van der Waals surface area contributed by atoms with Crippen molar-refractivity contribution in [1.82, 2.24) is 0 Å². The van der Waals surface area contributed by atoms with Crippen LogP contribution in [-0.4, -0.2) is 12.2 Å². The van der Waals surface area contributed by atoms with Gasteiger partial charge in [-0.3, -0.25) is 0 Å². The van der Waals surface area contributed by atoms with E-state index in [2.05, 4.69) is 13.8 Å². The molecule has 96 valence electrons. The molecule has 0 saturated heterocycles. The first-order valence-electron chi connectivity index (χ1n) is 5.97. The summed E-state index contributed by atoms with van der Waals surface area (Å²) in [5.74, 6) is 0.471. The summed E-state index contributed by atoms with van der Waals surface area (Å²) in [5.41, 5.74) is 0.267. The molecule has 1 N–H and O–H groups in total. The Bertz CT molecular complexity index is 363. The molecule has 3 heteroatoms. The van der Waals surface area contributed by atoms with Crippen molar-refractivity contribution in [2.45, 2.75) is 33.3 Å². The van der Waals surface area contributed by atoms with Crippen molar-refractivity contribution in [2.24, 2.45) is 11.8 Å². The normalized spacial score (nSPS) is 14.8. The molecule has 0 amide bonds. The Balaban J connectivity index is 2.98. The van der Waals surface area contributed by atoms with Gasteiger partial charge >= 0.3 is 0 Å². The van der Waals surface area contributed by atoms with Gasteiger partial charge in [-0.15, -0.1) is 0 Å². The first-order chi connectivity index (χ1) is 7.97. The van der Waals surface area contributed by atoms with Gasteiger partial charge in [-0.2, -0.15) is 0 Å². The molecule has 2 nitrogen and oxygen atoms in total. The van der Waals surface area contributed by atoms with Crippen LogP contribution in [0.4, 0.5) is 4.39 Å². The van der Waals surface area contributed by atoms with Crippen LogP contribution >= 0.6 is 0 Å². The second-order valence-corrected chi connectivity index (χ2v) is 4.91. The standard InChI is InChI=1S/C14H21FO2/c1-9(2)8-10(3)14(16)13-11(15)6-5-7-12(13)17-4/h5-7,9-10,14,16H,8H2,1-4H3. The van der Waals surface area contributed by atoms with Gasteiger partial charge in [-0.1, -0.05) is 26.8 Å². The summed E-state index contributed by atoms with van der Waals surface area (Å²) >= 11 is 0. The van der Waals surface area contributed by atoms with Crippen LogP contribution in [0.5, 0.6) is 5.75 Å². The van der Waals surface area contributed by atoms with Gasteiger partial charge in [0.1, 0.15) is 11.6 Å². The lowest BCUT2D eigenvalue weighted by Crippen LogP contribution is -2.14. The summed E-state index contributed by atoms with van der Waals surface area (Å²) in [6, 6.07) is 4.60. The predicted octanol–water partition coefficient (Wildman–Crippen LogP) is 3.55. The lowest BCUT2D eigenvalue weighted by molar-refractivity contribution is 0.0985. The quantitative estimate of drug-likeness (QED) is 0.852. The molecule has 1 aromatic rings. The molecular weight excluding hydrogens is 219 g/mol. The number of hydrogen-bond acceptors (Lipinski definition) is 2. The van der Waals surface area contributed by atoms with E-state index in [0.717, 1.165) is 6.42 Å². The third-order valence-electron chi connectivity index (χ3n) is 2.91. The van der Waals surface area contributed by atoms with E-state index >= 15 is 0 Å². The molecule has 2 unspecified atom stereocenters. The molecule has 0 fully saturated rings. The zero-order valence-corrected chi connectivity index (χ0v) is 10.9. The van der Waals surface area contributed by atoms with Gasteiger partial charge in [-0.05, 0) is 30.4 Å². The van der Waals surface area contributed by atoms with Crippen molar-refractivity contribution >= 4 is 0 Å². The van der Waals surface area contributed by atoms with E-state index < -0.39 is 11.9 Å². The van der Waals surface area contributed by atoms with E-state index in [1.54, 1.807) is 12.1 Å². The number of methoxy groups -OCH3 is 1. The van der Waals surface area contributed by atoms with Gasteiger partial charge in [0, 0.05) is 0 Å². The van der Waals surface area contributed by atoms with Crippen molar-refractivity contribution in [3.63, 3.8) is 0 Å². The fourth-order valence-electron chi connectivity index (χ4n) is 2.14. The monoisotopic (exact) mass is 240 g/mol. The zero-order chi connectivity index (χ0) is 13.0. The molecule has 0 spiro atoms. The van der Waals surface area contributed by atoms with Crippen LogP contribution in [0.3, 0.4) is 0 Å². The van der Waals surface area contributed by atoms with Crippen molar-refractivity contribution in [3.8, 4) is 5.75 Å². The minimum atomic E-state index is -0.825. The van der Waals surface area contributed by atoms with Crippen LogP contribution in [0.25, 0.3) is 0 Å². The van der Waals surface area contributed by atoms with Gasteiger partial charge in [0.25, 0.3) is 0 Å². The largest absolute Gasteiger partial charge is 0.496 e. The average Bonchev–Trinajstić information content (AvgIpc) is 2.26. The van der Waals surface area contributed by atoms with Gasteiger partial charge in [-0.25, -0.2) is 4.39 Å². The van der Waals surface area contributed by atoms with Crippen molar-refractivity contribution in [3.05, 3.63) is 29.6 Å². The Morgan fingerprint density at radius 1 is 1.29 bits per heavy atom. The molecule has 0 saturated carbocycles. The van der Waals surface area contributed by atoms with Gasteiger partial charge in [0.05, 0.1) is 18.8 Å². The van der Waals surface area contributed by atoms with E-state index in [1.165, 1.54) is 13.2 Å². The minimum Gasteiger partial charge on any atom is -0.496 e. The Morgan fingerprint density at radius 2 is 1.94 bits per heavy atom. The second kappa shape index (κ2) is 6.01. The Hall–Kier alpha value is -1.09. The van der Waals surface area contributed by atoms with E-state index in [9.17, 15) is 9.50 Å². The number of hydrogen-bond donors (Lipinski definition) is 1. The highest BCUT2D eigenvalue weighted by Crippen LogP contribution is 2.34. The highest BCUT2D eigenvalue weighted by molar-refractivity contribution is 5.36.